The van der Waals surface area contributed by atoms with Crippen molar-refractivity contribution < 1.29 is 14.3 Å². The minimum atomic E-state index is -0.325. The third-order valence-electron chi connectivity index (χ3n) is 6.25. The van der Waals surface area contributed by atoms with Gasteiger partial charge in [-0.05, 0) is 41.2 Å². The predicted octanol–water partition coefficient (Wildman–Crippen LogP) is 5.75. The van der Waals surface area contributed by atoms with Gasteiger partial charge in [0.25, 0.3) is 0 Å². The quantitative estimate of drug-likeness (QED) is 0.373. The Morgan fingerprint density at radius 3 is 2.00 bits per heavy atom. The first-order valence-corrected chi connectivity index (χ1v) is 11.5. The molecule has 2 aromatic carbocycles. The maximum atomic E-state index is 13.6. The molecule has 0 aliphatic rings. The minimum absolute atomic E-state index is 0.0374. The molecule has 0 fully saturated rings. The minimum Gasteiger partial charge on any atom is -0.507 e. The normalized spacial score (nSPS) is 12.4. The largest absolute Gasteiger partial charge is 0.507 e. The van der Waals surface area contributed by atoms with Crippen molar-refractivity contribution >= 4 is 16.8 Å². The van der Waals surface area contributed by atoms with Crippen molar-refractivity contribution in [1.82, 2.24) is 9.13 Å². The molecule has 2 N–H and O–H groups in total. The molecule has 6 heteroatoms. The third-order valence-corrected chi connectivity index (χ3v) is 6.25. The number of phenolic OH excluding ortho intramolecular Hbond substituents is 1. The average Bonchev–Trinajstić information content (AvgIpc) is 3.35. The molecule has 34 heavy (non-hydrogen) atoms. The highest BCUT2D eigenvalue weighted by atomic mass is 16.3. The molecule has 2 heterocycles. The van der Waals surface area contributed by atoms with E-state index in [0.29, 0.717) is 12.1 Å². The van der Waals surface area contributed by atoms with E-state index in [4.69, 9.17) is 9.83 Å². The summed E-state index contributed by atoms with van der Waals surface area (Å²) in [6.07, 6.45) is 3.29. The smallest absolute Gasteiger partial charge is 0.203 e. The Bertz CT molecular complexity index is 1370. The van der Waals surface area contributed by atoms with E-state index in [-0.39, 0.29) is 34.5 Å². The number of benzene rings is 2. The predicted molar refractivity (Wildman–Crippen MR) is 133 cm³/mol. The Morgan fingerprint density at radius 1 is 0.941 bits per heavy atom. The Balaban J connectivity index is 1.80. The van der Waals surface area contributed by atoms with Gasteiger partial charge in [0.1, 0.15) is 5.75 Å². The number of hydrogen-bond donors (Lipinski definition) is 2. The topological polar surface area (TPSA) is 84.2 Å². The van der Waals surface area contributed by atoms with Crippen LogP contribution < -0.4 is 5.62 Å². The van der Waals surface area contributed by atoms with Crippen LogP contribution in [-0.4, -0.2) is 20.0 Å². The lowest BCUT2D eigenvalue weighted by Crippen LogP contribution is -2.28. The van der Waals surface area contributed by atoms with Crippen LogP contribution in [0.2, 0.25) is 0 Å². The van der Waals surface area contributed by atoms with Gasteiger partial charge in [0.15, 0.2) is 5.78 Å². The van der Waals surface area contributed by atoms with E-state index in [1.165, 1.54) is 0 Å². The van der Waals surface area contributed by atoms with E-state index in [0.717, 1.165) is 27.7 Å². The molecule has 0 radical (unpaired) electrons. The number of aromatic hydroxyl groups is 1. The van der Waals surface area contributed by atoms with Gasteiger partial charge >= 0.3 is 0 Å². The molecule has 0 saturated carbocycles. The second-order valence-corrected chi connectivity index (χ2v) is 11.0. The summed E-state index contributed by atoms with van der Waals surface area (Å²) >= 11 is 0. The van der Waals surface area contributed by atoms with Crippen LogP contribution in [0.25, 0.3) is 11.0 Å². The number of phenols is 1. The van der Waals surface area contributed by atoms with Gasteiger partial charge in [-0.15, -0.1) is 0 Å². The molecule has 0 saturated heterocycles. The fourth-order valence-corrected chi connectivity index (χ4v) is 4.35. The summed E-state index contributed by atoms with van der Waals surface area (Å²) in [5.41, 5.74) is 4.32. The first-order valence-electron chi connectivity index (χ1n) is 11.5. The molecule has 4 aromatic rings. The average molecular weight is 460 g/mol. The number of hydrogen-bond acceptors (Lipinski definition) is 4. The molecule has 178 valence electrons. The van der Waals surface area contributed by atoms with Crippen LogP contribution in [0.5, 0.6) is 5.75 Å². The van der Waals surface area contributed by atoms with E-state index in [1.807, 2.05) is 88.6 Å². The lowest BCUT2D eigenvalue weighted by Gasteiger charge is -2.28. The summed E-state index contributed by atoms with van der Waals surface area (Å²) in [7, 11) is 0. The molecule has 0 unspecified atom stereocenters. The molecule has 0 atom stereocenters. The number of para-hydroxylation sites is 2. The van der Waals surface area contributed by atoms with Crippen LogP contribution in [-0.2, 0) is 23.9 Å². The van der Waals surface area contributed by atoms with Gasteiger partial charge in [-0.1, -0.05) is 53.7 Å². The van der Waals surface area contributed by atoms with Crippen molar-refractivity contribution in [3.63, 3.8) is 0 Å². The van der Waals surface area contributed by atoms with Crippen LogP contribution in [0.3, 0.4) is 0 Å². The van der Waals surface area contributed by atoms with Gasteiger partial charge in [0, 0.05) is 22.3 Å². The zero-order valence-electron chi connectivity index (χ0n) is 20.8. The first kappa shape index (κ1) is 23.6. The Kier molecular flexibility index (Phi) is 5.80. The van der Waals surface area contributed by atoms with Crippen molar-refractivity contribution in [2.45, 2.75) is 65.5 Å². The fraction of sp³-hybridized carbons (Fsp3) is 0.357. The maximum Gasteiger partial charge on any atom is 0.203 e. The molecule has 6 nitrogen and oxygen atoms in total. The molecule has 0 bridgehead atoms. The van der Waals surface area contributed by atoms with E-state index in [2.05, 4.69) is 0 Å². The molecule has 0 aliphatic carbocycles. The van der Waals surface area contributed by atoms with Crippen molar-refractivity contribution in [2.75, 3.05) is 0 Å². The number of carbonyl (C=O) groups excluding carboxylic acids is 1. The van der Waals surface area contributed by atoms with Crippen LogP contribution >= 0.6 is 0 Å². The van der Waals surface area contributed by atoms with Crippen molar-refractivity contribution in [3.05, 3.63) is 82.9 Å². The monoisotopic (exact) mass is 459 g/mol. The number of furan rings is 1. The molecule has 4 rings (SSSR count). The summed E-state index contributed by atoms with van der Waals surface area (Å²) < 4.78 is 8.83. The van der Waals surface area contributed by atoms with E-state index >= 15 is 0 Å². The van der Waals surface area contributed by atoms with Gasteiger partial charge < -0.3 is 18.7 Å². The van der Waals surface area contributed by atoms with Crippen LogP contribution in [0.1, 0.15) is 68.6 Å². The number of Topliss-reactive ketones (excluding diaryl/α,β-unsaturated/α-hetero) is 1. The molecular weight excluding hydrogens is 426 g/mol. The van der Waals surface area contributed by atoms with Gasteiger partial charge in [-0.3, -0.25) is 10.2 Å². The van der Waals surface area contributed by atoms with E-state index in [1.54, 1.807) is 17.1 Å². The Labute approximate surface area is 200 Å². The number of ketones is 1. The highest BCUT2D eigenvalue weighted by Crippen LogP contribution is 2.40. The van der Waals surface area contributed by atoms with Crippen LogP contribution in [0.15, 0.2) is 59.4 Å². The van der Waals surface area contributed by atoms with Crippen molar-refractivity contribution in [2.24, 2.45) is 0 Å². The van der Waals surface area contributed by atoms with Gasteiger partial charge in [0.05, 0.1) is 36.6 Å². The number of carbonyl (C=O) groups is 1. The summed E-state index contributed by atoms with van der Waals surface area (Å²) in [6, 6.07) is 13.2. The maximum absolute atomic E-state index is 13.6. The zero-order chi connectivity index (χ0) is 24.8. The third kappa shape index (κ3) is 4.32. The van der Waals surface area contributed by atoms with Gasteiger partial charge in [-0.2, -0.15) is 0 Å². The highest BCUT2D eigenvalue weighted by molar-refractivity contribution is 5.97. The molecule has 0 spiro atoms. The Hall–Kier alpha value is -3.54. The number of rotatable bonds is 5. The molecular formula is C28H33N3O3. The van der Waals surface area contributed by atoms with Gasteiger partial charge in [0.2, 0.25) is 5.62 Å². The van der Waals surface area contributed by atoms with Crippen LogP contribution in [0, 0.1) is 5.41 Å². The molecule has 0 aliphatic heterocycles. The number of aromatic nitrogens is 2. The molecule has 2 aromatic heterocycles. The first-order chi connectivity index (χ1) is 15.9. The summed E-state index contributed by atoms with van der Waals surface area (Å²) in [5, 5.41) is 19.9. The number of imidazole rings is 1. The standard InChI is InChI=1S/C28H33N3O3/c1-27(2,3)20-13-19(14-21(25(20)33)28(4,5)6)24(32)16-31-23-10-8-7-9-22(23)30(26(31)29)15-18-11-12-34-17-18/h7-14,17,29,33H,15-16H2,1-6H3. The number of fused-ring (bicyclic) bond motifs is 1. The number of nitrogens with one attached hydrogen (secondary N) is 1. The van der Waals surface area contributed by atoms with Crippen LogP contribution in [0.4, 0.5) is 0 Å². The SMILES string of the molecule is CC(C)(C)c1cc(C(=O)Cn2c(=N)n(Cc3ccoc3)c3ccccc32)cc(C(C)(C)C)c1O. The summed E-state index contributed by atoms with van der Waals surface area (Å²) in [4.78, 5) is 13.6. The lowest BCUT2D eigenvalue weighted by atomic mass is 9.78. The van der Waals surface area contributed by atoms with E-state index in [9.17, 15) is 9.90 Å². The lowest BCUT2D eigenvalue weighted by molar-refractivity contribution is 0.0971. The van der Waals surface area contributed by atoms with Crippen molar-refractivity contribution in [1.29, 1.82) is 5.41 Å². The Morgan fingerprint density at radius 2 is 1.50 bits per heavy atom. The van der Waals surface area contributed by atoms with Crippen molar-refractivity contribution in [3.8, 4) is 5.75 Å². The molecule has 0 amide bonds. The summed E-state index contributed by atoms with van der Waals surface area (Å²) in [6.45, 7) is 12.7. The van der Waals surface area contributed by atoms with E-state index < -0.39 is 0 Å². The second-order valence-electron chi connectivity index (χ2n) is 11.0. The highest BCUT2D eigenvalue weighted by Gasteiger charge is 2.28. The summed E-state index contributed by atoms with van der Waals surface area (Å²) in [5.74, 6) is 0.155. The van der Waals surface area contributed by atoms with Gasteiger partial charge in [-0.25, -0.2) is 0 Å². The second kappa shape index (κ2) is 8.35. The zero-order valence-corrected chi connectivity index (χ0v) is 20.8. The number of nitrogens with zero attached hydrogens (tertiary/aromatic N) is 2. The fourth-order valence-electron chi connectivity index (χ4n) is 4.35.